The first-order valence-corrected chi connectivity index (χ1v) is 10.3. The van der Waals surface area contributed by atoms with E-state index in [4.69, 9.17) is 4.74 Å². The number of carbonyl (C=O) groups excluding carboxylic acids is 1. The van der Waals surface area contributed by atoms with Gasteiger partial charge in [0.15, 0.2) is 0 Å². The molecule has 27 heavy (non-hydrogen) atoms. The summed E-state index contributed by atoms with van der Waals surface area (Å²) < 4.78 is 45.9. The van der Waals surface area contributed by atoms with Crippen LogP contribution in [0, 0.1) is 11.7 Å². The predicted molar refractivity (Wildman–Crippen MR) is 98.8 cm³/mol. The third-order valence-electron chi connectivity index (χ3n) is 4.80. The fourth-order valence-corrected chi connectivity index (χ4v) is 4.72. The third kappa shape index (κ3) is 4.36. The van der Waals surface area contributed by atoms with E-state index in [0.29, 0.717) is 12.8 Å². The zero-order valence-corrected chi connectivity index (χ0v) is 15.9. The lowest BCUT2D eigenvalue weighted by atomic mass is 9.98. The summed E-state index contributed by atoms with van der Waals surface area (Å²) in [5, 5.41) is 0. The Kier molecular flexibility index (Phi) is 5.92. The lowest BCUT2D eigenvalue weighted by Crippen LogP contribution is -2.41. The van der Waals surface area contributed by atoms with Crippen molar-refractivity contribution in [2.24, 2.45) is 5.92 Å². The van der Waals surface area contributed by atoms with Crippen LogP contribution >= 0.6 is 0 Å². The fraction of sp³-hybridized carbons (Fsp3) is 0.350. The van der Waals surface area contributed by atoms with Crippen LogP contribution in [0.3, 0.4) is 0 Å². The van der Waals surface area contributed by atoms with Gasteiger partial charge in [-0.15, -0.1) is 0 Å². The Morgan fingerprint density at radius 1 is 1.07 bits per heavy atom. The van der Waals surface area contributed by atoms with Crippen LogP contribution in [0.4, 0.5) is 4.39 Å². The highest BCUT2D eigenvalue weighted by Gasteiger charge is 2.34. The monoisotopic (exact) mass is 391 g/mol. The molecule has 0 spiro atoms. The molecule has 1 heterocycles. The zero-order valence-electron chi connectivity index (χ0n) is 15.0. The summed E-state index contributed by atoms with van der Waals surface area (Å²) in [6.07, 6.45) is 0.348. The topological polar surface area (TPSA) is 63.7 Å². The molecular formula is C20H22FNO4S. The first kappa shape index (κ1) is 19.5. The normalized spacial score (nSPS) is 17.4. The van der Waals surface area contributed by atoms with E-state index in [-0.39, 0.29) is 36.0 Å². The van der Waals surface area contributed by atoms with Gasteiger partial charge in [-0.05, 0) is 37.5 Å². The molecule has 3 rings (SSSR count). The fourth-order valence-electron chi connectivity index (χ4n) is 3.19. The van der Waals surface area contributed by atoms with Gasteiger partial charge in [0.05, 0.1) is 5.92 Å². The average Bonchev–Trinajstić information content (AvgIpc) is 2.69. The molecule has 7 heteroatoms. The van der Waals surface area contributed by atoms with Crippen LogP contribution in [0.25, 0.3) is 0 Å². The number of piperidine rings is 1. The number of halogens is 1. The first-order chi connectivity index (χ1) is 12.9. The summed E-state index contributed by atoms with van der Waals surface area (Å²) in [5.41, 5.74) is 0.908. The Hall–Kier alpha value is -2.25. The molecular weight excluding hydrogens is 369 g/mol. The van der Waals surface area contributed by atoms with Crippen LogP contribution in [-0.2, 0) is 19.6 Å². The Labute approximate surface area is 158 Å². The molecule has 0 aromatic heterocycles. The van der Waals surface area contributed by atoms with Crippen molar-refractivity contribution < 1.29 is 22.3 Å². The van der Waals surface area contributed by atoms with Crippen LogP contribution in [-0.4, -0.2) is 31.8 Å². The van der Waals surface area contributed by atoms with Crippen LogP contribution in [0.2, 0.25) is 0 Å². The van der Waals surface area contributed by atoms with E-state index < -0.39 is 15.8 Å². The Balaban J connectivity index is 1.60. The van der Waals surface area contributed by atoms with Crippen LogP contribution in [0.15, 0.2) is 59.5 Å². The number of hydrogen-bond donors (Lipinski definition) is 0. The molecule has 1 fully saturated rings. The van der Waals surface area contributed by atoms with Crippen LogP contribution in [0.5, 0.6) is 0 Å². The molecule has 0 bridgehead atoms. The largest absolute Gasteiger partial charge is 0.458 e. The number of rotatable bonds is 5. The van der Waals surface area contributed by atoms with Gasteiger partial charge in [0.25, 0.3) is 0 Å². The summed E-state index contributed by atoms with van der Waals surface area (Å²) in [7, 11) is -3.90. The number of nitrogens with zero attached hydrogens (tertiary/aromatic N) is 1. The van der Waals surface area contributed by atoms with Gasteiger partial charge in [-0.25, -0.2) is 12.8 Å². The van der Waals surface area contributed by atoms with E-state index in [1.807, 2.05) is 37.3 Å². The quantitative estimate of drug-likeness (QED) is 0.732. The molecule has 5 nitrogen and oxygen atoms in total. The van der Waals surface area contributed by atoms with Crippen molar-refractivity contribution in [3.63, 3.8) is 0 Å². The van der Waals surface area contributed by atoms with E-state index >= 15 is 0 Å². The molecule has 1 saturated heterocycles. The molecule has 0 saturated carbocycles. The maximum absolute atomic E-state index is 13.9. The molecule has 0 aliphatic carbocycles. The molecule has 2 aromatic carbocycles. The summed E-state index contributed by atoms with van der Waals surface area (Å²) >= 11 is 0. The van der Waals surface area contributed by atoms with Gasteiger partial charge >= 0.3 is 5.97 Å². The van der Waals surface area contributed by atoms with Gasteiger partial charge in [0.2, 0.25) is 10.0 Å². The van der Waals surface area contributed by atoms with Crippen molar-refractivity contribution in [3.05, 3.63) is 66.0 Å². The van der Waals surface area contributed by atoms with Gasteiger partial charge in [-0.1, -0.05) is 42.5 Å². The predicted octanol–water partition coefficient (Wildman–Crippen LogP) is 3.53. The standard InChI is InChI=1S/C20H22FNO4S/c1-15(16-7-3-2-4-8-16)26-20(23)17-11-13-22(14-12-17)27(24,25)19-10-6-5-9-18(19)21/h2-10,15,17H,11-14H2,1H3. The van der Waals surface area contributed by atoms with Gasteiger partial charge < -0.3 is 4.74 Å². The van der Waals surface area contributed by atoms with Crippen molar-refractivity contribution in [2.45, 2.75) is 30.8 Å². The van der Waals surface area contributed by atoms with Crippen molar-refractivity contribution >= 4 is 16.0 Å². The molecule has 0 N–H and O–H groups in total. The zero-order chi connectivity index (χ0) is 19.4. The van der Waals surface area contributed by atoms with E-state index in [0.717, 1.165) is 11.6 Å². The highest BCUT2D eigenvalue weighted by molar-refractivity contribution is 7.89. The summed E-state index contributed by atoms with van der Waals surface area (Å²) in [5.74, 6) is -1.45. The summed E-state index contributed by atoms with van der Waals surface area (Å²) in [6.45, 7) is 2.14. The second kappa shape index (κ2) is 8.19. The lowest BCUT2D eigenvalue weighted by molar-refractivity contribution is -0.155. The maximum atomic E-state index is 13.9. The third-order valence-corrected chi connectivity index (χ3v) is 6.74. The molecule has 1 unspecified atom stereocenters. The highest BCUT2D eigenvalue weighted by atomic mass is 32.2. The van der Waals surface area contributed by atoms with Crippen molar-refractivity contribution in [1.29, 1.82) is 0 Å². The number of carbonyl (C=O) groups is 1. The Morgan fingerprint density at radius 2 is 1.67 bits per heavy atom. The van der Waals surface area contributed by atoms with E-state index in [1.165, 1.54) is 22.5 Å². The first-order valence-electron chi connectivity index (χ1n) is 8.89. The molecule has 1 aliphatic heterocycles. The molecule has 144 valence electrons. The minimum atomic E-state index is -3.90. The Bertz CT molecular complexity index is 893. The van der Waals surface area contributed by atoms with Crippen molar-refractivity contribution in [2.75, 3.05) is 13.1 Å². The number of esters is 1. The molecule has 2 aromatic rings. The number of ether oxygens (including phenoxy) is 1. The SMILES string of the molecule is CC(OC(=O)C1CCN(S(=O)(=O)c2ccccc2F)CC1)c1ccccc1. The minimum Gasteiger partial charge on any atom is -0.458 e. The molecule has 1 aliphatic rings. The molecule has 1 atom stereocenters. The van der Waals surface area contributed by atoms with Gasteiger partial charge in [0.1, 0.15) is 16.8 Å². The van der Waals surface area contributed by atoms with Gasteiger partial charge in [-0.2, -0.15) is 4.31 Å². The number of benzene rings is 2. The van der Waals surface area contributed by atoms with Crippen molar-refractivity contribution in [1.82, 2.24) is 4.31 Å². The van der Waals surface area contributed by atoms with E-state index in [9.17, 15) is 17.6 Å². The number of sulfonamides is 1. The second-order valence-electron chi connectivity index (χ2n) is 6.60. The van der Waals surface area contributed by atoms with Crippen LogP contribution < -0.4 is 0 Å². The average molecular weight is 391 g/mol. The van der Waals surface area contributed by atoms with Gasteiger partial charge in [-0.3, -0.25) is 4.79 Å². The smallest absolute Gasteiger partial charge is 0.309 e. The molecule has 0 radical (unpaired) electrons. The van der Waals surface area contributed by atoms with Crippen LogP contribution in [0.1, 0.15) is 31.4 Å². The minimum absolute atomic E-state index is 0.163. The van der Waals surface area contributed by atoms with Crippen molar-refractivity contribution in [3.8, 4) is 0 Å². The number of hydrogen-bond acceptors (Lipinski definition) is 4. The highest BCUT2D eigenvalue weighted by Crippen LogP contribution is 2.27. The van der Waals surface area contributed by atoms with E-state index in [1.54, 1.807) is 0 Å². The van der Waals surface area contributed by atoms with Gasteiger partial charge in [0, 0.05) is 13.1 Å². The summed E-state index contributed by atoms with van der Waals surface area (Å²) in [6, 6.07) is 14.8. The lowest BCUT2D eigenvalue weighted by Gasteiger charge is -2.30. The summed E-state index contributed by atoms with van der Waals surface area (Å²) in [4.78, 5) is 12.1. The Morgan fingerprint density at radius 3 is 2.30 bits per heavy atom. The maximum Gasteiger partial charge on any atom is 0.309 e. The second-order valence-corrected chi connectivity index (χ2v) is 8.50. The van der Waals surface area contributed by atoms with E-state index in [2.05, 4.69) is 0 Å². The molecule has 0 amide bonds.